The van der Waals surface area contributed by atoms with Crippen molar-refractivity contribution in [2.75, 3.05) is 20.1 Å². The third kappa shape index (κ3) is 5.69. The van der Waals surface area contributed by atoms with E-state index in [0.29, 0.717) is 17.1 Å². The van der Waals surface area contributed by atoms with Crippen molar-refractivity contribution >= 4 is 11.9 Å². The largest absolute Gasteiger partial charge is 0.354 e. The zero-order valence-electron chi connectivity index (χ0n) is 17.0. The van der Waals surface area contributed by atoms with Crippen LogP contribution >= 0.6 is 0 Å². The number of likely N-dealkylation sites (tertiary alicyclic amines) is 1. The summed E-state index contributed by atoms with van der Waals surface area (Å²) >= 11 is 0. The first-order valence-electron chi connectivity index (χ1n) is 9.96. The first-order valence-corrected chi connectivity index (χ1v) is 9.96. The molecule has 7 heteroatoms. The van der Waals surface area contributed by atoms with Gasteiger partial charge in [0.2, 0.25) is 5.91 Å². The standard InChI is InChI=1S/C21H30FN5O/c1-4-16(5-2)20(28)27-10-8-18(9-11-27)26-21(24-3)25-14-17-12-15(13-23)6-7-19(17)22/h6-7,12,16,18H,4-5,8-11,14H2,1-3H3,(H2,24,25,26). The molecule has 1 amide bonds. The summed E-state index contributed by atoms with van der Waals surface area (Å²) in [5, 5.41) is 15.4. The molecule has 1 saturated heterocycles. The molecule has 28 heavy (non-hydrogen) atoms. The molecule has 1 heterocycles. The average Bonchev–Trinajstić information content (AvgIpc) is 2.73. The maximum atomic E-state index is 13.9. The number of hydrogen-bond donors (Lipinski definition) is 2. The summed E-state index contributed by atoms with van der Waals surface area (Å²) in [5.74, 6) is 0.624. The Bertz CT molecular complexity index is 731. The predicted octanol–water partition coefficient (Wildman–Crippen LogP) is 2.79. The van der Waals surface area contributed by atoms with Crippen LogP contribution in [0.1, 0.15) is 50.7 Å². The molecule has 2 N–H and O–H groups in total. The highest BCUT2D eigenvalue weighted by molar-refractivity contribution is 5.80. The SMILES string of the molecule is CCC(CC)C(=O)N1CCC(NC(=NC)NCc2cc(C#N)ccc2F)CC1. The van der Waals surface area contributed by atoms with E-state index in [0.717, 1.165) is 38.8 Å². The van der Waals surface area contributed by atoms with Gasteiger partial charge in [-0.1, -0.05) is 13.8 Å². The first kappa shape index (κ1) is 21.7. The minimum Gasteiger partial charge on any atom is -0.354 e. The number of piperidine rings is 1. The van der Waals surface area contributed by atoms with Crippen LogP contribution in [-0.4, -0.2) is 42.9 Å². The third-order valence-electron chi connectivity index (χ3n) is 5.33. The van der Waals surface area contributed by atoms with E-state index in [1.807, 2.05) is 11.0 Å². The number of carbonyl (C=O) groups is 1. The first-order chi connectivity index (χ1) is 13.5. The molecule has 0 unspecified atom stereocenters. The number of nitriles is 1. The van der Waals surface area contributed by atoms with E-state index in [2.05, 4.69) is 29.5 Å². The monoisotopic (exact) mass is 387 g/mol. The van der Waals surface area contributed by atoms with Crippen molar-refractivity contribution in [3.63, 3.8) is 0 Å². The minimum atomic E-state index is -0.352. The second-order valence-corrected chi connectivity index (χ2v) is 7.10. The van der Waals surface area contributed by atoms with Crippen molar-refractivity contribution in [2.24, 2.45) is 10.9 Å². The highest BCUT2D eigenvalue weighted by atomic mass is 19.1. The van der Waals surface area contributed by atoms with E-state index in [-0.39, 0.29) is 30.2 Å². The molecule has 0 radical (unpaired) electrons. The second-order valence-electron chi connectivity index (χ2n) is 7.10. The Hall–Kier alpha value is -2.62. The summed E-state index contributed by atoms with van der Waals surface area (Å²) < 4.78 is 13.9. The molecule has 0 aromatic heterocycles. The molecular formula is C21H30FN5O. The van der Waals surface area contributed by atoms with Crippen LogP contribution in [0.5, 0.6) is 0 Å². The number of hydrogen-bond acceptors (Lipinski definition) is 3. The normalized spacial score (nSPS) is 15.4. The lowest BCUT2D eigenvalue weighted by Crippen LogP contribution is -2.50. The van der Waals surface area contributed by atoms with Gasteiger partial charge in [-0.2, -0.15) is 5.26 Å². The lowest BCUT2D eigenvalue weighted by atomic mass is 9.98. The van der Waals surface area contributed by atoms with Gasteiger partial charge in [0.05, 0.1) is 11.6 Å². The summed E-state index contributed by atoms with van der Waals surface area (Å²) in [6.07, 6.45) is 3.47. The van der Waals surface area contributed by atoms with Crippen LogP contribution in [0.2, 0.25) is 0 Å². The maximum Gasteiger partial charge on any atom is 0.225 e. The molecule has 1 aromatic carbocycles. The Morgan fingerprint density at radius 1 is 1.36 bits per heavy atom. The van der Waals surface area contributed by atoms with Gasteiger partial charge in [-0.05, 0) is 43.9 Å². The molecule has 0 spiro atoms. The lowest BCUT2D eigenvalue weighted by Gasteiger charge is -2.34. The van der Waals surface area contributed by atoms with Crippen molar-refractivity contribution in [3.8, 4) is 6.07 Å². The highest BCUT2D eigenvalue weighted by Gasteiger charge is 2.26. The summed E-state index contributed by atoms with van der Waals surface area (Å²) in [6, 6.07) is 6.54. The summed E-state index contributed by atoms with van der Waals surface area (Å²) in [6.45, 7) is 5.84. The Morgan fingerprint density at radius 2 is 2.04 bits per heavy atom. The molecule has 0 saturated carbocycles. The van der Waals surface area contributed by atoms with Crippen LogP contribution in [-0.2, 0) is 11.3 Å². The number of halogens is 1. The number of aliphatic imine (C=N–C) groups is 1. The van der Waals surface area contributed by atoms with Gasteiger partial charge in [-0.25, -0.2) is 4.39 Å². The third-order valence-corrected chi connectivity index (χ3v) is 5.33. The smallest absolute Gasteiger partial charge is 0.225 e. The molecule has 6 nitrogen and oxygen atoms in total. The molecular weight excluding hydrogens is 357 g/mol. The number of guanidine groups is 1. The van der Waals surface area contributed by atoms with Gasteiger partial charge < -0.3 is 15.5 Å². The Balaban J connectivity index is 1.85. The number of nitrogens with one attached hydrogen (secondary N) is 2. The fourth-order valence-electron chi connectivity index (χ4n) is 3.49. The number of carbonyl (C=O) groups excluding carboxylic acids is 1. The molecule has 2 rings (SSSR count). The van der Waals surface area contributed by atoms with Crippen molar-refractivity contribution in [2.45, 2.75) is 52.1 Å². The fourth-order valence-corrected chi connectivity index (χ4v) is 3.49. The summed E-state index contributed by atoms with van der Waals surface area (Å²) in [5.41, 5.74) is 0.850. The van der Waals surface area contributed by atoms with Gasteiger partial charge in [0.1, 0.15) is 5.82 Å². The molecule has 1 aliphatic rings. The van der Waals surface area contributed by atoms with E-state index in [1.54, 1.807) is 7.05 Å². The lowest BCUT2D eigenvalue weighted by molar-refractivity contribution is -0.136. The quantitative estimate of drug-likeness (QED) is 0.581. The van der Waals surface area contributed by atoms with Crippen LogP contribution < -0.4 is 10.6 Å². The van der Waals surface area contributed by atoms with Crippen molar-refractivity contribution < 1.29 is 9.18 Å². The molecule has 0 aliphatic carbocycles. The topological polar surface area (TPSA) is 80.5 Å². The van der Waals surface area contributed by atoms with E-state index in [9.17, 15) is 9.18 Å². The zero-order valence-corrected chi connectivity index (χ0v) is 17.0. The second kappa shape index (κ2) is 10.6. The summed E-state index contributed by atoms with van der Waals surface area (Å²) in [4.78, 5) is 18.7. The van der Waals surface area contributed by atoms with Gasteiger partial charge in [0.15, 0.2) is 5.96 Å². The number of amides is 1. The zero-order chi connectivity index (χ0) is 20.5. The van der Waals surface area contributed by atoms with Crippen LogP contribution in [0, 0.1) is 23.1 Å². The highest BCUT2D eigenvalue weighted by Crippen LogP contribution is 2.17. The van der Waals surface area contributed by atoms with Gasteiger partial charge in [0, 0.05) is 44.2 Å². The number of rotatable bonds is 6. The Labute approximate surface area is 166 Å². The summed E-state index contributed by atoms with van der Waals surface area (Å²) in [7, 11) is 1.67. The predicted molar refractivity (Wildman–Crippen MR) is 108 cm³/mol. The van der Waals surface area contributed by atoms with Crippen molar-refractivity contribution in [1.29, 1.82) is 5.26 Å². The molecule has 0 atom stereocenters. The molecule has 1 aromatic rings. The van der Waals surface area contributed by atoms with Gasteiger partial charge in [-0.3, -0.25) is 9.79 Å². The Morgan fingerprint density at radius 3 is 2.61 bits per heavy atom. The van der Waals surface area contributed by atoms with Crippen LogP contribution in [0.25, 0.3) is 0 Å². The molecule has 1 fully saturated rings. The molecule has 152 valence electrons. The van der Waals surface area contributed by atoms with Gasteiger partial charge in [-0.15, -0.1) is 0 Å². The maximum absolute atomic E-state index is 13.9. The average molecular weight is 388 g/mol. The van der Waals surface area contributed by atoms with Crippen molar-refractivity contribution in [1.82, 2.24) is 15.5 Å². The van der Waals surface area contributed by atoms with Gasteiger partial charge >= 0.3 is 0 Å². The van der Waals surface area contributed by atoms with E-state index in [4.69, 9.17) is 5.26 Å². The number of nitrogens with zero attached hydrogens (tertiary/aromatic N) is 3. The van der Waals surface area contributed by atoms with Crippen molar-refractivity contribution in [3.05, 3.63) is 35.1 Å². The minimum absolute atomic E-state index is 0.123. The van der Waals surface area contributed by atoms with E-state index in [1.165, 1.54) is 18.2 Å². The van der Waals surface area contributed by atoms with Crippen LogP contribution in [0.3, 0.4) is 0 Å². The van der Waals surface area contributed by atoms with Crippen LogP contribution in [0.15, 0.2) is 23.2 Å². The molecule has 0 bridgehead atoms. The Kier molecular flexibility index (Phi) is 8.24. The fraction of sp³-hybridized carbons (Fsp3) is 0.571. The van der Waals surface area contributed by atoms with Crippen LogP contribution in [0.4, 0.5) is 4.39 Å². The van der Waals surface area contributed by atoms with Gasteiger partial charge in [0.25, 0.3) is 0 Å². The number of benzene rings is 1. The van der Waals surface area contributed by atoms with E-state index >= 15 is 0 Å². The van der Waals surface area contributed by atoms with E-state index < -0.39 is 0 Å². The molecule has 1 aliphatic heterocycles.